The summed E-state index contributed by atoms with van der Waals surface area (Å²) in [6, 6.07) is -1.24. The van der Waals surface area contributed by atoms with E-state index in [9.17, 15) is 9.59 Å². The maximum Gasteiger partial charge on any atom is 0.328 e. The summed E-state index contributed by atoms with van der Waals surface area (Å²) in [6.45, 7) is -0.391. The highest BCUT2D eigenvalue weighted by atomic mass is 16.4. The zero-order valence-electron chi connectivity index (χ0n) is 9.82. The molecule has 0 spiro atoms. The van der Waals surface area contributed by atoms with Crippen LogP contribution >= 0.6 is 0 Å². The number of rotatable bonds is 5. The van der Waals surface area contributed by atoms with Crippen molar-refractivity contribution in [2.45, 2.75) is 38.1 Å². The van der Waals surface area contributed by atoms with Gasteiger partial charge in [0.15, 0.2) is 0 Å². The number of aliphatic hydroxyl groups excluding tert-OH is 1. The van der Waals surface area contributed by atoms with Crippen LogP contribution in [0.15, 0.2) is 0 Å². The summed E-state index contributed by atoms with van der Waals surface area (Å²) in [5.41, 5.74) is 5.01. The highest BCUT2D eigenvalue weighted by molar-refractivity contribution is 5.87. The lowest BCUT2D eigenvalue weighted by Gasteiger charge is -2.35. The third-order valence-corrected chi connectivity index (χ3v) is 3.47. The number of aliphatic carboxylic acids is 1. The van der Waals surface area contributed by atoms with Gasteiger partial charge in [0.2, 0.25) is 5.91 Å². The van der Waals surface area contributed by atoms with Gasteiger partial charge in [-0.05, 0) is 12.8 Å². The van der Waals surface area contributed by atoms with E-state index in [1.165, 1.54) is 0 Å². The van der Waals surface area contributed by atoms with Crippen LogP contribution in [0.2, 0.25) is 0 Å². The van der Waals surface area contributed by atoms with Crippen molar-refractivity contribution in [2.24, 2.45) is 11.1 Å². The van der Waals surface area contributed by atoms with Gasteiger partial charge in [0.25, 0.3) is 0 Å². The molecule has 98 valence electrons. The minimum atomic E-state index is -1.24. The summed E-state index contributed by atoms with van der Waals surface area (Å²) in [4.78, 5) is 22.8. The second kappa shape index (κ2) is 5.97. The monoisotopic (exact) mass is 244 g/mol. The van der Waals surface area contributed by atoms with Crippen LogP contribution < -0.4 is 11.1 Å². The van der Waals surface area contributed by atoms with Gasteiger partial charge in [-0.1, -0.05) is 19.3 Å². The Labute approximate surface area is 100 Å². The van der Waals surface area contributed by atoms with Gasteiger partial charge in [-0.3, -0.25) is 4.79 Å². The second-order valence-electron chi connectivity index (χ2n) is 4.59. The van der Waals surface area contributed by atoms with Gasteiger partial charge in [0.1, 0.15) is 6.04 Å². The summed E-state index contributed by atoms with van der Waals surface area (Å²) in [6.07, 6.45) is 4.32. The van der Waals surface area contributed by atoms with Crippen LogP contribution in [0, 0.1) is 5.41 Å². The van der Waals surface area contributed by atoms with Crippen LogP contribution in [0.5, 0.6) is 0 Å². The molecule has 0 radical (unpaired) electrons. The number of nitrogens with one attached hydrogen (secondary N) is 1. The summed E-state index contributed by atoms with van der Waals surface area (Å²) in [7, 11) is 0. The van der Waals surface area contributed by atoms with Crippen molar-refractivity contribution in [3.05, 3.63) is 0 Å². The number of carboxylic acid groups (broad SMARTS) is 1. The number of carbonyl (C=O) groups is 2. The van der Waals surface area contributed by atoms with Crippen molar-refractivity contribution in [1.29, 1.82) is 0 Å². The minimum Gasteiger partial charge on any atom is -0.480 e. The Morgan fingerprint density at radius 3 is 2.29 bits per heavy atom. The predicted molar refractivity (Wildman–Crippen MR) is 61.2 cm³/mol. The first-order valence-electron chi connectivity index (χ1n) is 5.90. The molecule has 0 aromatic heterocycles. The van der Waals surface area contributed by atoms with Crippen molar-refractivity contribution in [3.8, 4) is 0 Å². The molecule has 1 atom stereocenters. The number of carboxylic acids is 1. The number of nitrogens with two attached hydrogens (primary N) is 1. The Kier molecular flexibility index (Phi) is 4.89. The molecule has 6 nitrogen and oxygen atoms in total. The number of hydrogen-bond donors (Lipinski definition) is 4. The average Bonchev–Trinajstić information content (AvgIpc) is 2.35. The molecule has 1 aliphatic rings. The highest BCUT2D eigenvalue weighted by Crippen LogP contribution is 2.35. The van der Waals surface area contributed by atoms with Crippen molar-refractivity contribution in [1.82, 2.24) is 5.32 Å². The first-order chi connectivity index (χ1) is 8.05. The normalized spacial score (nSPS) is 20.6. The largest absolute Gasteiger partial charge is 0.480 e. The van der Waals surface area contributed by atoms with E-state index in [1.54, 1.807) is 0 Å². The Morgan fingerprint density at radius 2 is 1.88 bits per heavy atom. The van der Waals surface area contributed by atoms with Crippen LogP contribution in [0.25, 0.3) is 0 Å². The fraction of sp³-hybridized carbons (Fsp3) is 0.818. The molecule has 5 N–H and O–H groups in total. The molecular weight excluding hydrogens is 224 g/mol. The minimum absolute atomic E-state index is 0.219. The molecule has 1 rings (SSSR count). The lowest BCUT2D eigenvalue weighted by atomic mass is 9.73. The first-order valence-corrected chi connectivity index (χ1v) is 5.90. The van der Waals surface area contributed by atoms with Crippen molar-refractivity contribution < 1.29 is 19.8 Å². The molecule has 0 aromatic carbocycles. The third kappa shape index (κ3) is 3.17. The zero-order valence-corrected chi connectivity index (χ0v) is 9.82. The van der Waals surface area contributed by atoms with Crippen LogP contribution in [0.1, 0.15) is 32.1 Å². The first kappa shape index (κ1) is 13.9. The Hall–Kier alpha value is -1.14. The maximum absolute atomic E-state index is 12.1. The molecule has 1 amide bonds. The van der Waals surface area contributed by atoms with Crippen molar-refractivity contribution >= 4 is 11.9 Å². The van der Waals surface area contributed by atoms with E-state index in [1.807, 2.05) is 0 Å². The summed E-state index contributed by atoms with van der Waals surface area (Å²) < 4.78 is 0. The van der Waals surface area contributed by atoms with Crippen LogP contribution in [-0.4, -0.2) is 41.3 Å². The standard InChI is InChI=1S/C11H20N2O4/c12-7-11(4-2-1-3-5-11)10(17)13-8(6-14)9(15)16/h8,14H,1-7,12H2,(H,13,17)(H,15,16). The van der Waals surface area contributed by atoms with Gasteiger partial charge < -0.3 is 21.3 Å². The molecule has 1 aliphatic carbocycles. The molecule has 0 saturated heterocycles. The van der Waals surface area contributed by atoms with E-state index in [0.29, 0.717) is 12.8 Å². The van der Waals surface area contributed by atoms with Crippen LogP contribution in [0.3, 0.4) is 0 Å². The van der Waals surface area contributed by atoms with Gasteiger partial charge in [0, 0.05) is 6.54 Å². The lowest BCUT2D eigenvalue weighted by molar-refractivity contribution is -0.145. The van der Waals surface area contributed by atoms with E-state index in [0.717, 1.165) is 19.3 Å². The number of carbonyl (C=O) groups excluding carboxylic acids is 1. The SMILES string of the molecule is NCC1(C(=O)NC(CO)C(=O)O)CCCCC1. The van der Waals surface area contributed by atoms with Gasteiger partial charge in [0.05, 0.1) is 12.0 Å². The molecule has 0 heterocycles. The van der Waals surface area contributed by atoms with Crippen molar-refractivity contribution in [2.75, 3.05) is 13.2 Å². The zero-order chi connectivity index (χ0) is 12.9. The molecule has 0 aromatic rings. The molecule has 1 unspecified atom stereocenters. The van der Waals surface area contributed by atoms with Crippen LogP contribution in [0.4, 0.5) is 0 Å². The van der Waals surface area contributed by atoms with Gasteiger partial charge in [-0.25, -0.2) is 4.79 Å². The predicted octanol–water partition coefficient (Wildman–Crippen LogP) is -0.543. The second-order valence-corrected chi connectivity index (χ2v) is 4.59. The number of amides is 1. The van der Waals surface area contributed by atoms with Gasteiger partial charge in [-0.2, -0.15) is 0 Å². The molecule has 0 aliphatic heterocycles. The topological polar surface area (TPSA) is 113 Å². The maximum atomic E-state index is 12.1. The molecule has 1 fully saturated rings. The fourth-order valence-corrected chi connectivity index (χ4v) is 2.25. The lowest BCUT2D eigenvalue weighted by Crippen LogP contribution is -2.53. The summed E-state index contributed by atoms with van der Waals surface area (Å²) in [5.74, 6) is -1.58. The Balaban J connectivity index is 2.68. The molecular formula is C11H20N2O4. The number of aliphatic hydroxyl groups is 1. The highest BCUT2D eigenvalue weighted by Gasteiger charge is 2.39. The smallest absolute Gasteiger partial charge is 0.328 e. The van der Waals surface area contributed by atoms with Gasteiger partial charge >= 0.3 is 5.97 Å². The van der Waals surface area contributed by atoms with E-state index in [-0.39, 0.29) is 12.5 Å². The molecule has 17 heavy (non-hydrogen) atoms. The summed E-state index contributed by atoms with van der Waals surface area (Å²) >= 11 is 0. The molecule has 1 saturated carbocycles. The molecule has 0 bridgehead atoms. The third-order valence-electron chi connectivity index (χ3n) is 3.47. The van der Waals surface area contributed by atoms with Crippen molar-refractivity contribution in [3.63, 3.8) is 0 Å². The van der Waals surface area contributed by atoms with E-state index >= 15 is 0 Å². The Bertz CT molecular complexity index is 287. The number of hydrogen-bond acceptors (Lipinski definition) is 4. The van der Waals surface area contributed by atoms with Crippen LogP contribution in [-0.2, 0) is 9.59 Å². The Morgan fingerprint density at radius 1 is 1.29 bits per heavy atom. The molecule has 6 heteroatoms. The fourth-order valence-electron chi connectivity index (χ4n) is 2.25. The quantitative estimate of drug-likeness (QED) is 0.518. The van der Waals surface area contributed by atoms with Gasteiger partial charge in [-0.15, -0.1) is 0 Å². The van der Waals surface area contributed by atoms with E-state index in [4.69, 9.17) is 15.9 Å². The summed E-state index contributed by atoms with van der Waals surface area (Å²) in [5, 5.41) is 20.0. The average molecular weight is 244 g/mol. The van der Waals surface area contributed by atoms with E-state index in [2.05, 4.69) is 5.32 Å². The van der Waals surface area contributed by atoms with E-state index < -0.39 is 24.0 Å².